The molecule has 0 unspecified atom stereocenters. The lowest BCUT2D eigenvalue weighted by Gasteiger charge is -2.16. The number of benzene rings is 2. The van der Waals surface area contributed by atoms with Crippen LogP contribution in [-0.2, 0) is 0 Å². The van der Waals surface area contributed by atoms with E-state index in [2.05, 4.69) is 16.0 Å². The first-order chi connectivity index (χ1) is 13.7. The van der Waals surface area contributed by atoms with E-state index in [1.807, 2.05) is 24.3 Å². The first kappa shape index (κ1) is 17.6. The third-order valence-corrected chi connectivity index (χ3v) is 4.52. The lowest BCUT2D eigenvalue weighted by Crippen LogP contribution is -2.24. The second-order valence-corrected chi connectivity index (χ2v) is 6.27. The highest BCUT2D eigenvalue weighted by molar-refractivity contribution is 6.16. The van der Waals surface area contributed by atoms with Crippen molar-refractivity contribution >= 4 is 11.5 Å². The van der Waals surface area contributed by atoms with Crippen LogP contribution in [0.2, 0.25) is 0 Å². The molecule has 6 nitrogen and oxygen atoms in total. The standard InChI is InChI=1S/C22H16N4O2/c23-9-15-3-1-2-4-22(15)28-17-7-16(11-25-12-17)14-5-6-18-19(8-14)20(10-24)26-13-21(18)27/h1-8,11-12H,10,13,24H2. The number of fused-ring (bicyclic) bond motifs is 1. The fourth-order valence-corrected chi connectivity index (χ4v) is 3.13. The summed E-state index contributed by atoms with van der Waals surface area (Å²) in [7, 11) is 0. The fourth-order valence-electron chi connectivity index (χ4n) is 3.13. The van der Waals surface area contributed by atoms with Gasteiger partial charge in [-0.25, -0.2) is 0 Å². The topological polar surface area (TPSA) is 101 Å². The molecule has 4 rings (SSSR count). The van der Waals surface area contributed by atoms with Crippen molar-refractivity contribution in [3.8, 4) is 28.7 Å². The average molecular weight is 368 g/mol. The number of nitrogens with two attached hydrogens (primary N) is 1. The highest BCUT2D eigenvalue weighted by atomic mass is 16.5. The molecule has 2 N–H and O–H groups in total. The molecule has 0 saturated heterocycles. The molecule has 0 spiro atoms. The number of ketones is 1. The molecular weight excluding hydrogens is 352 g/mol. The summed E-state index contributed by atoms with van der Waals surface area (Å²) in [6, 6.07) is 16.6. The van der Waals surface area contributed by atoms with Gasteiger partial charge in [0.2, 0.25) is 0 Å². The van der Waals surface area contributed by atoms with Gasteiger partial charge < -0.3 is 10.5 Å². The minimum Gasteiger partial charge on any atom is -0.454 e. The predicted octanol–water partition coefficient (Wildman–Crippen LogP) is 3.36. The molecule has 6 heteroatoms. The minimum atomic E-state index is -0.0120. The summed E-state index contributed by atoms with van der Waals surface area (Å²) in [5, 5.41) is 9.22. The van der Waals surface area contributed by atoms with Crippen LogP contribution >= 0.6 is 0 Å². The van der Waals surface area contributed by atoms with E-state index in [4.69, 9.17) is 10.5 Å². The van der Waals surface area contributed by atoms with Crippen molar-refractivity contribution in [3.63, 3.8) is 0 Å². The molecule has 2 heterocycles. The maximum atomic E-state index is 12.1. The van der Waals surface area contributed by atoms with Gasteiger partial charge in [0.1, 0.15) is 24.1 Å². The van der Waals surface area contributed by atoms with E-state index in [1.165, 1.54) is 0 Å². The molecular formula is C22H16N4O2. The van der Waals surface area contributed by atoms with E-state index in [9.17, 15) is 10.1 Å². The van der Waals surface area contributed by atoms with Gasteiger partial charge in [-0.05, 0) is 29.8 Å². The molecule has 3 aromatic rings. The van der Waals surface area contributed by atoms with Crippen LogP contribution in [0.3, 0.4) is 0 Å². The third-order valence-electron chi connectivity index (χ3n) is 4.52. The van der Waals surface area contributed by atoms with E-state index in [-0.39, 0.29) is 18.9 Å². The second-order valence-electron chi connectivity index (χ2n) is 6.27. The number of aliphatic imine (C=N–C) groups is 1. The lowest BCUT2D eigenvalue weighted by atomic mass is 9.93. The van der Waals surface area contributed by atoms with Gasteiger partial charge in [-0.2, -0.15) is 5.26 Å². The van der Waals surface area contributed by atoms with Crippen molar-refractivity contribution in [3.05, 3.63) is 77.6 Å². The molecule has 28 heavy (non-hydrogen) atoms. The summed E-state index contributed by atoms with van der Waals surface area (Å²) in [6.45, 7) is 0.415. The summed E-state index contributed by atoms with van der Waals surface area (Å²) in [6.07, 6.45) is 3.31. The number of Topliss-reactive ketones (excluding diaryl/α,β-unsaturated/α-hetero) is 1. The number of nitriles is 1. The van der Waals surface area contributed by atoms with Gasteiger partial charge in [-0.15, -0.1) is 0 Å². The maximum Gasteiger partial charge on any atom is 0.184 e. The Labute approximate surface area is 161 Å². The molecule has 1 aromatic heterocycles. The zero-order valence-corrected chi connectivity index (χ0v) is 14.9. The molecule has 0 fully saturated rings. The van der Waals surface area contributed by atoms with Gasteiger partial charge in [0.25, 0.3) is 0 Å². The van der Waals surface area contributed by atoms with Crippen LogP contribution < -0.4 is 10.5 Å². The summed E-state index contributed by atoms with van der Waals surface area (Å²) in [4.78, 5) is 20.6. The number of carbonyl (C=O) groups excluding carboxylic acids is 1. The average Bonchev–Trinajstić information content (AvgIpc) is 2.74. The van der Waals surface area contributed by atoms with Gasteiger partial charge in [-0.3, -0.25) is 14.8 Å². The van der Waals surface area contributed by atoms with Gasteiger partial charge in [-0.1, -0.05) is 24.3 Å². The Bertz CT molecular complexity index is 1150. The van der Waals surface area contributed by atoms with Gasteiger partial charge in [0.15, 0.2) is 5.78 Å². The molecule has 1 aliphatic rings. The predicted molar refractivity (Wildman–Crippen MR) is 106 cm³/mol. The van der Waals surface area contributed by atoms with E-state index in [0.29, 0.717) is 22.6 Å². The largest absolute Gasteiger partial charge is 0.454 e. The van der Waals surface area contributed by atoms with Gasteiger partial charge in [0, 0.05) is 29.4 Å². The number of nitrogens with zero attached hydrogens (tertiary/aromatic N) is 3. The number of aromatic nitrogens is 1. The van der Waals surface area contributed by atoms with Crippen molar-refractivity contribution in [1.82, 2.24) is 4.98 Å². The quantitative estimate of drug-likeness (QED) is 0.761. The summed E-state index contributed by atoms with van der Waals surface area (Å²) in [5.41, 5.74) is 10.1. The zero-order chi connectivity index (χ0) is 19.5. The van der Waals surface area contributed by atoms with Crippen molar-refractivity contribution < 1.29 is 9.53 Å². The highest BCUT2D eigenvalue weighted by Crippen LogP contribution is 2.30. The Morgan fingerprint density at radius 3 is 2.75 bits per heavy atom. The van der Waals surface area contributed by atoms with Crippen molar-refractivity contribution in [1.29, 1.82) is 5.26 Å². The lowest BCUT2D eigenvalue weighted by molar-refractivity contribution is 0.1000. The fraction of sp³-hybridized carbons (Fsp3) is 0.0909. The van der Waals surface area contributed by atoms with Crippen LogP contribution in [0, 0.1) is 11.3 Å². The molecule has 0 saturated carbocycles. The first-order valence-corrected chi connectivity index (χ1v) is 8.73. The third kappa shape index (κ3) is 3.27. The second kappa shape index (κ2) is 7.43. The van der Waals surface area contributed by atoms with E-state index >= 15 is 0 Å². The Morgan fingerprint density at radius 2 is 1.93 bits per heavy atom. The minimum absolute atomic E-state index is 0.0120. The van der Waals surface area contributed by atoms with E-state index in [0.717, 1.165) is 22.4 Å². The SMILES string of the molecule is N#Cc1ccccc1Oc1cncc(-c2ccc3c(c2)C(CN)=NCC3=O)c1. The van der Waals surface area contributed by atoms with Crippen LogP contribution in [-0.4, -0.2) is 29.6 Å². The van der Waals surface area contributed by atoms with Crippen molar-refractivity contribution in [2.45, 2.75) is 0 Å². The molecule has 0 radical (unpaired) electrons. The molecule has 2 aromatic carbocycles. The molecule has 136 valence electrons. The van der Waals surface area contributed by atoms with Gasteiger partial charge in [0.05, 0.1) is 17.5 Å². The van der Waals surface area contributed by atoms with Crippen molar-refractivity contribution in [2.24, 2.45) is 10.7 Å². The smallest absolute Gasteiger partial charge is 0.184 e. The van der Waals surface area contributed by atoms with Gasteiger partial charge >= 0.3 is 0 Å². The normalized spacial score (nSPS) is 12.7. The number of rotatable bonds is 4. The monoisotopic (exact) mass is 368 g/mol. The maximum absolute atomic E-state index is 12.1. The number of hydrogen-bond acceptors (Lipinski definition) is 6. The number of pyridine rings is 1. The Morgan fingerprint density at radius 1 is 1.07 bits per heavy atom. The molecule has 0 amide bonds. The van der Waals surface area contributed by atoms with Crippen LogP contribution in [0.25, 0.3) is 11.1 Å². The van der Waals surface area contributed by atoms with Crippen LogP contribution in [0.1, 0.15) is 21.5 Å². The Kier molecular flexibility index (Phi) is 4.67. The zero-order valence-electron chi connectivity index (χ0n) is 14.9. The number of para-hydroxylation sites is 1. The Hall–Kier alpha value is -3.82. The summed E-state index contributed by atoms with van der Waals surface area (Å²) < 4.78 is 5.85. The molecule has 0 aliphatic carbocycles. The van der Waals surface area contributed by atoms with Crippen molar-refractivity contribution in [2.75, 3.05) is 13.1 Å². The number of carbonyl (C=O) groups is 1. The number of hydrogen-bond donors (Lipinski definition) is 1. The highest BCUT2D eigenvalue weighted by Gasteiger charge is 2.20. The van der Waals surface area contributed by atoms with E-state index < -0.39 is 0 Å². The first-order valence-electron chi connectivity index (χ1n) is 8.73. The van der Waals surface area contributed by atoms with E-state index in [1.54, 1.807) is 36.7 Å². The van der Waals surface area contributed by atoms with Crippen LogP contribution in [0.5, 0.6) is 11.5 Å². The van der Waals surface area contributed by atoms with Crippen LogP contribution in [0.4, 0.5) is 0 Å². The number of ether oxygens (including phenoxy) is 1. The summed E-state index contributed by atoms with van der Waals surface area (Å²) >= 11 is 0. The molecule has 0 bridgehead atoms. The molecule has 1 aliphatic heterocycles. The Balaban J connectivity index is 1.70. The summed E-state index contributed by atoms with van der Waals surface area (Å²) in [5.74, 6) is 0.973. The molecule has 0 atom stereocenters. The van der Waals surface area contributed by atoms with Crippen LogP contribution in [0.15, 0.2) is 65.9 Å².